The Balaban J connectivity index is 0.000000133. The third-order valence-electron chi connectivity index (χ3n) is 3.20. The second kappa shape index (κ2) is 6.10. The van der Waals surface area contributed by atoms with Crippen molar-refractivity contribution in [3.63, 3.8) is 0 Å². The van der Waals surface area contributed by atoms with Crippen molar-refractivity contribution >= 4 is 21.8 Å². The van der Waals surface area contributed by atoms with Crippen molar-refractivity contribution in [3.05, 3.63) is 73.1 Å². The molecule has 4 nitrogen and oxygen atoms in total. The molecule has 0 spiro atoms. The van der Waals surface area contributed by atoms with E-state index in [-0.39, 0.29) is 11.5 Å². The highest BCUT2D eigenvalue weighted by Crippen LogP contribution is 2.25. The SMILES string of the molecule is Oc1cnc2cccc(O)c2c1.c1ccc2ncccc2c1. The Morgan fingerprint density at radius 1 is 0.727 bits per heavy atom. The van der Waals surface area contributed by atoms with Crippen LogP contribution in [0.3, 0.4) is 0 Å². The van der Waals surface area contributed by atoms with Crippen LogP contribution in [0.5, 0.6) is 11.5 Å². The summed E-state index contributed by atoms with van der Waals surface area (Å²) in [7, 11) is 0. The van der Waals surface area contributed by atoms with E-state index >= 15 is 0 Å². The molecule has 2 aromatic heterocycles. The van der Waals surface area contributed by atoms with Crippen LogP contribution in [0.15, 0.2) is 73.1 Å². The van der Waals surface area contributed by atoms with Crippen LogP contribution in [0, 0.1) is 0 Å². The van der Waals surface area contributed by atoms with Crippen molar-refractivity contribution < 1.29 is 10.2 Å². The largest absolute Gasteiger partial charge is 0.507 e. The van der Waals surface area contributed by atoms with E-state index in [1.165, 1.54) is 17.6 Å². The average molecular weight is 290 g/mol. The quantitative estimate of drug-likeness (QED) is 0.516. The van der Waals surface area contributed by atoms with Gasteiger partial charge in [0.1, 0.15) is 11.5 Å². The first kappa shape index (κ1) is 13.8. The van der Waals surface area contributed by atoms with E-state index in [4.69, 9.17) is 5.11 Å². The highest BCUT2D eigenvalue weighted by Gasteiger charge is 1.99. The number of phenolic OH excluding ortho intramolecular Hbond substituents is 1. The van der Waals surface area contributed by atoms with E-state index in [1.54, 1.807) is 18.2 Å². The molecule has 0 aliphatic heterocycles. The van der Waals surface area contributed by atoms with Gasteiger partial charge in [-0.15, -0.1) is 0 Å². The summed E-state index contributed by atoms with van der Waals surface area (Å²) in [6, 6.07) is 18.6. The molecule has 0 aliphatic carbocycles. The number of nitrogens with zero attached hydrogens (tertiary/aromatic N) is 2. The minimum absolute atomic E-state index is 0.0593. The Morgan fingerprint density at radius 3 is 2.36 bits per heavy atom. The van der Waals surface area contributed by atoms with Crippen molar-refractivity contribution in [1.29, 1.82) is 0 Å². The summed E-state index contributed by atoms with van der Waals surface area (Å²) in [4.78, 5) is 8.11. The maximum Gasteiger partial charge on any atom is 0.134 e. The number of hydrogen-bond donors (Lipinski definition) is 2. The Kier molecular flexibility index (Phi) is 3.83. The fourth-order valence-corrected chi connectivity index (χ4v) is 2.14. The van der Waals surface area contributed by atoms with Crippen LogP contribution in [-0.2, 0) is 0 Å². The van der Waals surface area contributed by atoms with Crippen molar-refractivity contribution in [3.8, 4) is 11.5 Å². The van der Waals surface area contributed by atoms with Crippen LogP contribution in [0.25, 0.3) is 21.8 Å². The van der Waals surface area contributed by atoms with Gasteiger partial charge in [-0.05, 0) is 30.3 Å². The number of phenols is 1. The number of aromatic hydroxyl groups is 2. The standard InChI is InChI=1S/C9H7NO2.C9H7N/c11-6-4-7-8(10-5-6)2-1-3-9(7)12;1-2-6-9-8(4-1)5-3-7-10-9/h1-5,11-12H;1-7H. The van der Waals surface area contributed by atoms with Gasteiger partial charge < -0.3 is 10.2 Å². The summed E-state index contributed by atoms with van der Waals surface area (Å²) in [5, 5.41) is 20.2. The summed E-state index contributed by atoms with van der Waals surface area (Å²) in [5.41, 5.74) is 1.73. The lowest BCUT2D eigenvalue weighted by atomic mass is 10.2. The number of aromatic nitrogens is 2. The molecule has 0 bridgehead atoms. The third-order valence-corrected chi connectivity index (χ3v) is 3.20. The van der Waals surface area contributed by atoms with Gasteiger partial charge >= 0.3 is 0 Å². The first-order valence-corrected chi connectivity index (χ1v) is 6.80. The molecule has 0 fully saturated rings. The number of fused-ring (bicyclic) bond motifs is 2. The Bertz CT molecular complexity index is 857. The maximum absolute atomic E-state index is 9.34. The fraction of sp³-hybridized carbons (Fsp3) is 0. The molecule has 22 heavy (non-hydrogen) atoms. The highest BCUT2D eigenvalue weighted by atomic mass is 16.3. The predicted octanol–water partition coefficient (Wildman–Crippen LogP) is 3.88. The first-order chi connectivity index (χ1) is 10.7. The smallest absolute Gasteiger partial charge is 0.134 e. The summed E-state index contributed by atoms with van der Waals surface area (Å²) < 4.78 is 0. The number of rotatable bonds is 0. The van der Waals surface area contributed by atoms with E-state index in [2.05, 4.69) is 22.1 Å². The third kappa shape index (κ3) is 2.96. The van der Waals surface area contributed by atoms with E-state index in [9.17, 15) is 5.11 Å². The number of para-hydroxylation sites is 1. The zero-order valence-electron chi connectivity index (χ0n) is 11.7. The van der Waals surface area contributed by atoms with Gasteiger partial charge in [0.25, 0.3) is 0 Å². The molecule has 2 aromatic carbocycles. The van der Waals surface area contributed by atoms with Crippen LogP contribution in [0.1, 0.15) is 0 Å². The molecule has 0 atom stereocenters. The monoisotopic (exact) mass is 290 g/mol. The fourth-order valence-electron chi connectivity index (χ4n) is 2.14. The van der Waals surface area contributed by atoms with Crippen molar-refractivity contribution in [2.24, 2.45) is 0 Å². The molecular formula is C18H14N2O2. The minimum Gasteiger partial charge on any atom is -0.507 e. The lowest BCUT2D eigenvalue weighted by molar-refractivity contribution is 0.469. The Hall–Kier alpha value is -3.14. The predicted molar refractivity (Wildman–Crippen MR) is 86.8 cm³/mol. The molecule has 4 heteroatoms. The molecule has 108 valence electrons. The molecule has 0 amide bonds. The summed E-state index contributed by atoms with van der Waals surface area (Å²) in [5.74, 6) is 0.194. The van der Waals surface area contributed by atoms with E-state index in [1.807, 2.05) is 30.5 Å². The number of pyridine rings is 2. The summed E-state index contributed by atoms with van der Waals surface area (Å²) in [6.07, 6.45) is 3.16. The lowest BCUT2D eigenvalue weighted by Crippen LogP contribution is -1.77. The van der Waals surface area contributed by atoms with Gasteiger partial charge in [-0.1, -0.05) is 30.3 Å². The van der Waals surface area contributed by atoms with Crippen molar-refractivity contribution in [2.45, 2.75) is 0 Å². The molecule has 0 unspecified atom stereocenters. The highest BCUT2D eigenvalue weighted by molar-refractivity contribution is 5.85. The van der Waals surface area contributed by atoms with Gasteiger partial charge in [-0.25, -0.2) is 0 Å². The first-order valence-electron chi connectivity index (χ1n) is 6.80. The second-order valence-corrected chi connectivity index (χ2v) is 4.73. The molecule has 2 N–H and O–H groups in total. The summed E-state index contributed by atoms with van der Waals surface area (Å²) >= 11 is 0. The number of benzene rings is 2. The van der Waals surface area contributed by atoms with Crippen LogP contribution >= 0.6 is 0 Å². The van der Waals surface area contributed by atoms with Crippen molar-refractivity contribution in [2.75, 3.05) is 0 Å². The Labute approximate surface area is 127 Å². The van der Waals surface area contributed by atoms with E-state index < -0.39 is 0 Å². The maximum atomic E-state index is 9.34. The van der Waals surface area contributed by atoms with Gasteiger partial charge in [-0.2, -0.15) is 0 Å². The molecule has 4 aromatic rings. The van der Waals surface area contributed by atoms with E-state index in [0.717, 1.165) is 5.52 Å². The molecule has 0 saturated carbocycles. The Morgan fingerprint density at radius 2 is 1.50 bits per heavy atom. The van der Waals surface area contributed by atoms with Gasteiger partial charge in [0.2, 0.25) is 0 Å². The lowest BCUT2D eigenvalue weighted by Gasteiger charge is -1.99. The molecule has 0 radical (unpaired) electrons. The molecule has 0 aliphatic rings. The van der Waals surface area contributed by atoms with Crippen LogP contribution < -0.4 is 0 Å². The van der Waals surface area contributed by atoms with Gasteiger partial charge in [0.15, 0.2) is 0 Å². The number of hydrogen-bond acceptors (Lipinski definition) is 4. The van der Waals surface area contributed by atoms with Crippen LogP contribution in [0.2, 0.25) is 0 Å². The molecule has 4 rings (SSSR count). The van der Waals surface area contributed by atoms with Gasteiger partial charge in [-0.3, -0.25) is 9.97 Å². The van der Waals surface area contributed by atoms with Gasteiger partial charge in [0.05, 0.1) is 17.2 Å². The summed E-state index contributed by atoms with van der Waals surface area (Å²) in [6.45, 7) is 0. The van der Waals surface area contributed by atoms with Gasteiger partial charge in [0, 0.05) is 17.0 Å². The molecule has 0 saturated heterocycles. The second-order valence-electron chi connectivity index (χ2n) is 4.73. The van der Waals surface area contributed by atoms with E-state index in [0.29, 0.717) is 10.9 Å². The van der Waals surface area contributed by atoms with Crippen molar-refractivity contribution in [1.82, 2.24) is 9.97 Å². The normalized spacial score (nSPS) is 10.2. The molecular weight excluding hydrogens is 276 g/mol. The zero-order chi connectivity index (χ0) is 15.4. The zero-order valence-corrected chi connectivity index (χ0v) is 11.7. The van der Waals surface area contributed by atoms with Crippen LogP contribution in [0.4, 0.5) is 0 Å². The minimum atomic E-state index is 0.0593. The topological polar surface area (TPSA) is 66.2 Å². The van der Waals surface area contributed by atoms with Crippen LogP contribution in [-0.4, -0.2) is 20.2 Å². The average Bonchev–Trinajstić information content (AvgIpc) is 2.56. The molecule has 2 heterocycles.